The van der Waals surface area contributed by atoms with Crippen molar-refractivity contribution in [2.45, 2.75) is 19.3 Å². The summed E-state index contributed by atoms with van der Waals surface area (Å²) in [5.74, 6) is 0.0672. The first-order chi connectivity index (χ1) is 7.84. The predicted molar refractivity (Wildman–Crippen MR) is 58.0 cm³/mol. The third-order valence-electron chi connectivity index (χ3n) is 2.57. The Morgan fingerprint density at radius 3 is 2.88 bits per heavy atom. The SMILES string of the molecule is O=C(CN1CCCCC1)Oc1ccncn1. The third-order valence-corrected chi connectivity index (χ3v) is 2.57. The topological polar surface area (TPSA) is 55.3 Å². The molecule has 86 valence electrons. The Hall–Kier alpha value is -1.49. The molecule has 2 heterocycles. The van der Waals surface area contributed by atoms with Gasteiger partial charge >= 0.3 is 5.97 Å². The lowest BCUT2D eigenvalue weighted by Crippen LogP contribution is -2.36. The Bertz CT molecular complexity index is 336. The first kappa shape index (κ1) is 11.0. The van der Waals surface area contributed by atoms with Gasteiger partial charge in [0, 0.05) is 12.3 Å². The lowest BCUT2D eigenvalue weighted by molar-refractivity contribution is -0.136. The van der Waals surface area contributed by atoms with Crippen molar-refractivity contribution in [1.82, 2.24) is 14.9 Å². The molecule has 0 aromatic carbocycles. The van der Waals surface area contributed by atoms with Gasteiger partial charge in [0.1, 0.15) is 6.33 Å². The van der Waals surface area contributed by atoms with E-state index in [2.05, 4.69) is 14.9 Å². The summed E-state index contributed by atoms with van der Waals surface area (Å²) in [6.45, 7) is 2.32. The standard InChI is InChI=1S/C11H15N3O2/c15-11(8-14-6-2-1-3-7-14)16-10-4-5-12-9-13-10/h4-5,9H,1-3,6-8H2. The number of piperidine rings is 1. The molecule has 0 bridgehead atoms. The molecular formula is C11H15N3O2. The number of carbonyl (C=O) groups is 1. The van der Waals surface area contributed by atoms with Crippen molar-refractivity contribution in [2.75, 3.05) is 19.6 Å². The molecule has 0 N–H and O–H groups in total. The Morgan fingerprint density at radius 2 is 2.19 bits per heavy atom. The summed E-state index contributed by atoms with van der Waals surface area (Å²) < 4.78 is 5.09. The summed E-state index contributed by atoms with van der Waals surface area (Å²) in [6.07, 6.45) is 6.51. The largest absolute Gasteiger partial charge is 0.406 e. The smallest absolute Gasteiger partial charge is 0.326 e. The minimum Gasteiger partial charge on any atom is -0.406 e. The van der Waals surface area contributed by atoms with E-state index in [-0.39, 0.29) is 5.97 Å². The molecule has 1 fully saturated rings. The average molecular weight is 221 g/mol. The van der Waals surface area contributed by atoms with Crippen molar-refractivity contribution in [1.29, 1.82) is 0 Å². The average Bonchev–Trinajstić information content (AvgIpc) is 2.31. The number of nitrogens with zero attached hydrogens (tertiary/aromatic N) is 3. The van der Waals surface area contributed by atoms with Crippen molar-refractivity contribution >= 4 is 5.97 Å². The Morgan fingerprint density at radius 1 is 1.38 bits per heavy atom. The van der Waals surface area contributed by atoms with E-state index < -0.39 is 0 Å². The first-order valence-corrected chi connectivity index (χ1v) is 5.53. The predicted octanol–water partition coefficient (Wildman–Crippen LogP) is 0.868. The number of aromatic nitrogens is 2. The van der Waals surface area contributed by atoms with Gasteiger partial charge in [-0.05, 0) is 25.9 Å². The second-order valence-electron chi connectivity index (χ2n) is 3.86. The maximum atomic E-state index is 11.6. The fraction of sp³-hybridized carbons (Fsp3) is 0.545. The molecule has 5 nitrogen and oxygen atoms in total. The summed E-state index contributed by atoms with van der Waals surface area (Å²) in [5, 5.41) is 0. The summed E-state index contributed by atoms with van der Waals surface area (Å²) in [4.78, 5) is 21.3. The van der Waals surface area contributed by atoms with Crippen LogP contribution in [-0.4, -0.2) is 40.5 Å². The lowest BCUT2D eigenvalue weighted by Gasteiger charge is -2.24. The van der Waals surface area contributed by atoms with Gasteiger partial charge in [-0.2, -0.15) is 0 Å². The number of carbonyl (C=O) groups excluding carboxylic acids is 1. The van der Waals surface area contributed by atoms with Crippen LogP contribution in [0.4, 0.5) is 0 Å². The summed E-state index contributed by atoms with van der Waals surface area (Å²) >= 11 is 0. The Kier molecular flexibility index (Phi) is 3.82. The normalized spacial score (nSPS) is 17.0. The molecule has 5 heteroatoms. The Balaban J connectivity index is 1.80. The molecule has 1 saturated heterocycles. The van der Waals surface area contributed by atoms with Crippen LogP contribution in [0.3, 0.4) is 0 Å². The molecular weight excluding hydrogens is 206 g/mol. The van der Waals surface area contributed by atoms with Gasteiger partial charge in [0.25, 0.3) is 0 Å². The van der Waals surface area contributed by atoms with Crippen LogP contribution in [0.1, 0.15) is 19.3 Å². The number of likely N-dealkylation sites (tertiary alicyclic amines) is 1. The van der Waals surface area contributed by atoms with Crippen LogP contribution in [0.5, 0.6) is 5.88 Å². The van der Waals surface area contributed by atoms with E-state index in [0.717, 1.165) is 13.1 Å². The van der Waals surface area contributed by atoms with Gasteiger partial charge in [-0.15, -0.1) is 0 Å². The highest BCUT2D eigenvalue weighted by Crippen LogP contribution is 2.09. The van der Waals surface area contributed by atoms with Crippen molar-refractivity contribution in [3.05, 3.63) is 18.6 Å². The molecule has 0 amide bonds. The fourth-order valence-corrected chi connectivity index (χ4v) is 1.79. The number of hydrogen-bond donors (Lipinski definition) is 0. The second-order valence-corrected chi connectivity index (χ2v) is 3.86. The molecule has 1 aliphatic rings. The minimum atomic E-state index is -0.249. The molecule has 1 aliphatic heterocycles. The number of rotatable bonds is 3. The maximum Gasteiger partial charge on any atom is 0.326 e. The molecule has 0 spiro atoms. The van der Waals surface area contributed by atoms with Gasteiger partial charge < -0.3 is 4.74 Å². The zero-order valence-corrected chi connectivity index (χ0v) is 9.13. The highest BCUT2D eigenvalue weighted by molar-refractivity contribution is 5.73. The van der Waals surface area contributed by atoms with Gasteiger partial charge in [-0.25, -0.2) is 9.97 Å². The molecule has 0 unspecified atom stereocenters. The number of ether oxygens (including phenoxy) is 1. The molecule has 1 aromatic heterocycles. The van der Waals surface area contributed by atoms with E-state index in [1.54, 1.807) is 12.3 Å². The van der Waals surface area contributed by atoms with Gasteiger partial charge in [-0.3, -0.25) is 9.69 Å². The van der Waals surface area contributed by atoms with Gasteiger partial charge in [0.05, 0.1) is 6.54 Å². The Labute approximate surface area is 94.5 Å². The highest BCUT2D eigenvalue weighted by atomic mass is 16.5. The summed E-state index contributed by atoms with van der Waals surface area (Å²) in [5.41, 5.74) is 0. The van der Waals surface area contributed by atoms with Crippen molar-refractivity contribution in [2.24, 2.45) is 0 Å². The molecule has 16 heavy (non-hydrogen) atoms. The van der Waals surface area contributed by atoms with E-state index in [9.17, 15) is 4.79 Å². The van der Waals surface area contributed by atoms with Crippen LogP contribution < -0.4 is 4.74 Å². The molecule has 0 radical (unpaired) electrons. The van der Waals surface area contributed by atoms with Crippen molar-refractivity contribution in [3.8, 4) is 5.88 Å². The molecule has 0 aliphatic carbocycles. The van der Waals surface area contributed by atoms with Gasteiger partial charge in [0.15, 0.2) is 0 Å². The quantitative estimate of drug-likeness (QED) is 0.709. The third kappa shape index (κ3) is 3.27. The van der Waals surface area contributed by atoms with Crippen molar-refractivity contribution in [3.63, 3.8) is 0 Å². The van der Waals surface area contributed by atoms with Crippen LogP contribution >= 0.6 is 0 Å². The minimum absolute atomic E-state index is 0.249. The van der Waals surface area contributed by atoms with Gasteiger partial charge in [-0.1, -0.05) is 6.42 Å². The van der Waals surface area contributed by atoms with Crippen LogP contribution in [0, 0.1) is 0 Å². The second kappa shape index (κ2) is 5.55. The molecule has 0 atom stereocenters. The highest BCUT2D eigenvalue weighted by Gasteiger charge is 2.15. The van der Waals surface area contributed by atoms with E-state index >= 15 is 0 Å². The van der Waals surface area contributed by atoms with Crippen molar-refractivity contribution < 1.29 is 9.53 Å². The summed E-state index contributed by atoms with van der Waals surface area (Å²) in [6, 6.07) is 1.58. The zero-order chi connectivity index (χ0) is 11.2. The first-order valence-electron chi connectivity index (χ1n) is 5.53. The fourth-order valence-electron chi connectivity index (χ4n) is 1.79. The number of esters is 1. The zero-order valence-electron chi connectivity index (χ0n) is 9.13. The van der Waals surface area contributed by atoms with Crippen LogP contribution in [0.15, 0.2) is 18.6 Å². The van der Waals surface area contributed by atoms with E-state index in [4.69, 9.17) is 4.74 Å². The van der Waals surface area contributed by atoms with Gasteiger partial charge in [0.2, 0.25) is 5.88 Å². The van der Waals surface area contributed by atoms with Crippen LogP contribution in [-0.2, 0) is 4.79 Å². The monoisotopic (exact) mass is 221 g/mol. The maximum absolute atomic E-state index is 11.6. The van der Waals surface area contributed by atoms with Crippen LogP contribution in [0.2, 0.25) is 0 Å². The number of hydrogen-bond acceptors (Lipinski definition) is 5. The van der Waals surface area contributed by atoms with Crippen LogP contribution in [0.25, 0.3) is 0 Å². The molecule has 2 rings (SSSR count). The lowest BCUT2D eigenvalue weighted by atomic mass is 10.1. The molecule has 1 aromatic rings. The molecule has 0 saturated carbocycles. The van der Waals surface area contributed by atoms with E-state index in [0.29, 0.717) is 12.4 Å². The summed E-state index contributed by atoms with van der Waals surface area (Å²) in [7, 11) is 0. The van der Waals surface area contributed by atoms with E-state index in [1.807, 2.05) is 0 Å². The van der Waals surface area contributed by atoms with E-state index in [1.165, 1.54) is 25.6 Å².